The largest absolute Gasteiger partial charge is 0.378 e. The van der Waals surface area contributed by atoms with Crippen molar-refractivity contribution in [2.45, 2.75) is 64.0 Å². The lowest BCUT2D eigenvalue weighted by molar-refractivity contribution is -0.135. The number of likely N-dealkylation sites (tertiary alicyclic amines) is 2. The number of fused-ring (bicyclic) bond motifs is 1. The van der Waals surface area contributed by atoms with E-state index in [2.05, 4.69) is 20.2 Å². The second-order valence-corrected chi connectivity index (χ2v) is 11.5. The zero-order valence-electron chi connectivity index (χ0n) is 24.2. The van der Waals surface area contributed by atoms with Crippen LogP contribution in [0.4, 0.5) is 20.5 Å². The summed E-state index contributed by atoms with van der Waals surface area (Å²) in [5, 5.41) is 3.24. The Kier molecular flexibility index (Phi) is 8.80. The number of halogens is 2. The quantitative estimate of drug-likeness (QED) is 0.422. The van der Waals surface area contributed by atoms with Gasteiger partial charge in [-0.3, -0.25) is 9.36 Å². The summed E-state index contributed by atoms with van der Waals surface area (Å²) in [6.07, 6.45) is 4.05. The van der Waals surface area contributed by atoms with Crippen LogP contribution in [-0.2, 0) is 9.53 Å². The average molecular weight is 583 g/mol. The van der Waals surface area contributed by atoms with Gasteiger partial charge < -0.3 is 24.8 Å². The van der Waals surface area contributed by atoms with E-state index in [1.807, 2.05) is 16.7 Å². The number of morpholine rings is 1. The first-order valence-corrected chi connectivity index (χ1v) is 15.2. The van der Waals surface area contributed by atoms with Crippen LogP contribution < -0.4 is 10.2 Å². The Hall–Kier alpha value is -3.38. The molecule has 226 valence electrons. The molecule has 0 radical (unpaired) electrons. The van der Waals surface area contributed by atoms with E-state index in [0.717, 1.165) is 45.4 Å². The number of nitrogens with zero attached hydrogens (tertiary/aromatic N) is 7. The fourth-order valence-corrected chi connectivity index (χ4v) is 6.41. The normalized spacial score (nSPS) is 21.2. The number of imidazole rings is 1. The third kappa shape index (κ3) is 6.19. The summed E-state index contributed by atoms with van der Waals surface area (Å²) in [7, 11) is 0. The van der Waals surface area contributed by atoms with E-state index < -0.39 is 12.5 Å². The van der Waals surface area contributed by atoms with E-state index in [-0.39, 0.29) is 29.5 Å². The number of nitrogens with one attached hydrogen (secondary N) is 1. The van der Waals surface area contributed by atoms with Crippen LogP contribution in [0, 0.1) is 0 Å². The molecule has 1 aromatic carbocycles. The first-order valence-electron chi connectivity index (χ1n) is 15.2. The molecular formula is C30H40F2N8O2. The van der Waals surface area contributed by atoms with Crippen LogP contribution in [0.3, 0.4) is 0 Å². The number of rotatable bonds is 8. The molecular weight excluding hydrogens is 542 g/mol. The van der Waals surface area contributed by atoms with Crippen LogP contribution in [0.1, 0.15) is 57.7 Å². The fourth-order valence-electron chi connectivity index (χ4n) is 6.41. The molecule has 0 saturated carbocycles. The summed E-state index contributed by atoms with van der Waals surface area (Å²) in [5.41, 5.74) is 0.991. The zero-order chi connectivity index (χ0) is 29.1. The second kappa shape index (κ2) is 12.9. The van der Waals surface area contributed by atoms with Crippen molar-refractivity contribution in [1.82, 2.24) is 29.3 Å². The average Bonchev–Trinajstić information content (AvgIpc) is 3.42. The molecule has 1 amide bonds. The third-order valence-electron chi connectivity index (χ3n) is 8.59. The van der Waals surface area contributed by atoms with E-state index in [0.29, 0.717) is 43.2 Å². The van der Waals surface area contributed by atoms with Gasteiger partial charge in [-0.25, -0.2) is 13.8 Å². The molecule has 42 heavy (non-hydrogen) atoms. The minimum atomic E-state index is -2.80. The van der Waals surface area contributed by atoms with Crippen molar-refractivity contribution in [2.75, 3.05) is 62.7 Å². The number of carbonyl (C=O) groups is 1. The van der Waals surface area contributed by atoms with Gasteiger partial charge >= 0.3 is 0 Å². The lowest BCUT2D eigenvalue weighted by Gasteiger charge is -2.40. The van der Waals surface area contributed by atoms with Gasteiger partial charge in [0.05, 0.1) is 24.2 Å². The van der Waals surface area contributed by atoms with Crippen molar-refractivity contribution < 1.29 is 18.3 Å². The van der Waals surface area contributed by atoms with Gasteiger partial charge in [-0.05, 0) is 64.3 Å². The van der Waals surface area contributed by atoms with Gasteiger partial charge in [0.2, 0.25) is 11.9 Å². The molecule has 10 nitrogen and oxygen atoms in total. The number of alkyl halides is 2. The van der Waals surface area contributed by atoms with Gasteiger partial charge in [-0.2, -0.15) is 9.97 Å². The highest BCUT2D eigenvalue weighted by Crippen LogP contribution is 2.30. The summed E-state index contributed by atoms with van der Waals surface area (Å²) in [6, 6.07) is 8.34. The number of aromatic nitrogens is 4. The molecule has 3 fully saturated rings. The number of amides is 1. The Balaban J connectivity index is 1.29. The Bertz CT molecular complexity index is 1370. The minimum absolute atomic E-state index is 0.0139. The van der Waals surface area contributed by atoms with Crippen LogP contribution in [0.2, 0.25) is 0 Å². The van der Waals surface area contributed by atoms with Crippen molar-refractivity contribution in [3.8, 4) is 5.82 Å². The number of hydrogen-bond acceptors (Lipinski definition) is 8. The van der Waals surface area contributed by atoms with Gasteiger partial charge in [-0.1, -0.05) is 18.6 Å². The van der Waals surface area contributed by atoms with Crippen molar-refractivity contribution in [1.29, 1.82) is 0 Å². The lowest BCUT2D eigenvalue weighted by Crippen LogP contribution is -2.53. The first-order chi connectivity index (χ1) is 20.5. The summed E-state index contributed by atoms with van der Waals surface area (Å²) >= 11 is 0. The van der Waals surface area contributed by atoms with Crippen molar-refractivity contribution >= 4 is 28.7 Å². The van der Waals surface area contributed by atoms with Crippen molar-refractivity contribution in [3.05, 3.63) is 36.2 Å². The number of hydrogen-bond donors (Lipinski definition) is 1. The van der Waals surface area contributed by atoms with E-state index in [9.17, 15) is 13.6 Å². The molecule has 12 heteroatoms. The SMILES string of the molecule is C[C@H](Nc1nc(N2CCOCC2)cc(-n2c(C(F)F)nc3ccccc32)n1)C(=O)N1CCCCC1CN1CCCCC1. The summed E-state index contributed by atoms with van der Waals surface area (Å²) < 4.78 is 35.3. The predicted octanol–water partition coefficient (Wildman–Crippen LogP) is 4.26. The molecule has 1 unspecified atom stereocenters. The second-order valence-electron chi connectivity index (χ2n) is 11.5. The highest BCUT2D eigenvalue weighted by molar-refractivity contribution is 5.84. The fraction of sp³-hybridized carbons (Fsp3) is 0.600. The number of ether oxygens (including phenoxy) is 1. The maximum Gasteiger partial charge on any atom is 0.296 e. The van der Waals surface area contributed by atoms with E-state index in [1.165, 1.54) is 23.8 Å². The van der Waals surface area contributed by atoms with Gasteiger partial charge in [0.25, 0.3) is 6.43 Å². The molecule has 6 rings (SSSR count). The highest BCUT2D eigenvalue weighted by atomic mass is 19.3. The van der Waals surface area contributed by atoms with Gasteiger partial charge in [0.15, 0.2) is 5.82 Å². The van der Waals surface area contributed by atoms with E-state index >= 15 is 0 Å². The molecule has 0 bridgehead atoms. The van der Waals surface area contributed by atoms with E-state index in [4.69, 9.17) is 9.72 Å². The van der Waals surface area contributed by atoms with Gasteiger partial charge in [-0.15, -0.1) is 0 Å². The molecule has 2 aromatic heterocycles. The number of benzene rings is 1. The summed E-state index contributed by atoms with van der Waals surface area (Å²) in [4.78, 5) is 34.0. The third-order valence-corrected chi connectivity index (χ3v) is 8.59. The van der Waals surface area contributed by atoms with Crippen molar-refractivity contribution in [3.63, 3.8) is 0 Å². The maximum absolute atomic E-state index is 14.2. The number of piperidine rings is 2. The molecule has 0 spiro atoms. The molecule has 3 aliphatic heterocycles. The van der Waals surface area contributed by atoms with Crippen LogP contribution in [0.5, 0.6) is 0 Å². The molecule has 3 aliphatic rings. The summed E-state index contributed by atoms with van der Waals surface area (Å²) in [6.45, 7) is 7.99. The Labute approximate surface area is 245 Å². The Morgan fingerprint density at radius 3 is 2.50 bits per heavy atom. The van der Waals surface area contributed by atoms with E-state index in [1.54, 1.807) is 30.3 Å². The van der Waals surface area contributed by atoms with Crippen molar-refractivity contribution in [2.24, 2.45) is 0 Å². The predicted molar refractivity (Wildman–Crippen MR) is 157 cm³/mol. The molecule has 2 atom stereocenters. The monoisotopic (exact) mass is 582 g/mol. The molecule has 3 saturated heterocycles. The van der Waals surface area contributed by atoms with Gasteiger partial charge in [0.1, 0.15) is 17.7 Å². The van der Waals surface area contributed by atoms with Crippen LogP contribution in [0.25, 0.3) is 16.9 Å². The molecule has 1 N–H and O–H groups in total. The van der Waals surface area contributed by atoms with Gasteiger partial charge in [0, 0.05) is 38.3 Å². The molecule has 0 aliphatic carbocycles. The smallest absolute Gasteiger partial charge is 0.296 e. The standard InChI is InChI=1S/C30H40F2N8O2/c1-21(29(41)39-14-8-5-9-22(39)20-37-12-6-2-7-13-37)33-30-35-25(38-15-17-42-18-16-38)19-26(36-30)40-24-11-4-3-10-23(24)34-28(40)27(31)32/h3-4,10-11,19,21-22,27H,2,5-9,12-18,20H2,1H3,(H,33,35,36)/t21-,22?/m0/s1. The zero-order valence-corrected chi connectivity index (χ0v) is 24.2. The minimum Gasteiger partial charge on any atom is -0.378 e. The first kappa shape index (κ1) is 28.7. The number of para-hydroxylation sites is 2. The van der Waals surface area contributed by atoms with Crippen LogP contribution >= 0.6 is 0 Å². The number of anilines is 2. The topological polar surface area (TPSA) is 91.6 Å². The highest BCUT2D eigenvalue weighted by Gasteiger charge is 2.32. The summed E-state index contributed by atoms with van der Waals surface area (Å²) in [5.74, 6) is 0.715. The Morgan fingerprint density at radius 2 is 1.71 bits per heavy atom. The van der Waals surface area contributed by atoms with Crippen LogP contribution in [-0.4, -0.2) is 99.8 Å². The lowest BCUT2D eigenvalue weighted by atomic mass is 9.99. The van der Waals surface area contributed by atoms with Crippen LogP contribution in [0.15, 0.2) is 30.3 Å². The molecule has 5 heterocycles. The Morgan fingerprint density at radius 1 is 0.976 bits per heavy atom. The molecule has 3 aromatic rings. The number of carbonyl (C=O) groups excluding carboxylic acids is 1. The maximum atomic E-state index is 14.2.